The third-order valence-electron chi connectivity index (χ3n) is 3.66. The van der Waals surface area contributed by atoms with Crippen molar-refractivity contribution in [2.45, 2.75) is 39.5 Å². The number of likely N-dealkylation sites (tertiary alicyclic amines) is 1. The molecule has 2 heterocycles. The van der Waals surface area contributed by atoms with Crippen LogP contribution in [-0.2, 0) is 9.53 Å². The summed E-state index contributed by atoms with van der Waals surface area (Å²) in [6.45, 7) is 7.33. The number of anilines is 1. The van der Waals surface area contributed by atoms with E-state index < -0.39 is 0 Å². The lowest BCUT2D eigenvalue weighted by atomic mass is 9.97. The van der Waals surface area contributed by atoms with Gasteiger partial charge in [0.05, 0.1) is 18.2 Å². The van der Waals surface area contributed by atoms with Crippen molar-refractivity contribution in [3.63, 3.8) is 0 Å². The molecule has 1 fully saturated rings. The molecule has 1 aromatic heterocycles. The number of hydrogen-bond donors (Lipinski definition) is 1. The maximum atomic E-state index is 12.3. The highest BCUT2D eigenvalue weighted by Crippen LogP contribution is 2.24. The fourth-order valence-electron chi connectivity index (χ4n) is 2.39. The van der Waals surface area contributed by atoms with Gasteiger partial charge in [-0.3, -0.25) is 4.79 Å². The minimum atomic E-state index is -0.337. The average Bonchev–Trinajstić information content (AvgIpc) is 2.96. The molecule has 0 aromatic carbocycles. The van der Waals surface area contributed by atoms with Crippen molar-refractivity contribution in [2.75, 3.05) is 25.0 Å². The van der Waals surface area contributed by atoms with Crippen molar-refractivity contribution in [3.8, 4) is 0 Å². The Kier molecular flexibility index (Phi) is 5.76. The van der Waals surface area contributed by atoms with Crippen molar-refractivity contribution < 1.29 is 14.3 Å². The minimum Gasteiger partial charge on any atom is -0.450 e. The van der Waals surface area contributed by atoms with Crippen LogP contribution < -0.4 is 5.32 Å². The van der Waals surface area contributed by atoms with E-state index in [0.29, 0.717) is 30.7 Å². The summed E-state index contributed by atoms with van der Waals surface area (Å²) in [5.74, 6) is 0.0686. The largest absolute Gasteiger partial charge is 0.450 e. The van der Waals surface area contributed by atoms with Crippen molar-refractivity contribution in [2.24, 2.45) is 5.92 Å². The highest BCUT2D eigenvalue weighted by atomic mass is 32.1. The Hall–Kier alpha value is -1.63. The Balaban J connectivity index is 1.92. The molecule has 1 saturated heterocycles. The third-order valence-corrected chi connectivity index (χ3v) is 4.44. The van der Waals surface area contributed by atoms with Gasteiger partial charge in [-0.2, -0.15) is 0 Å². The van der Waals surface area contributed by atoms with E-state index >= 15 is 0 Å². The molecule has 0 bridgehead atoms. The van der Waals surface area contributed by atoms with Crippen LogP contribution in [-0.4, -0.2) is 41.6 Å². The lowest BCUT2D eigenvalue weighted by Crippen LogP contribution is -2.44. The monoisotopic (exact) mass is 325 g/mol. The number of nitrogens with one attached hydrogen (secondary N) is 1. The highest BCUT2D eigenvalue weighted by Gasteiger charge is 2.29. The van der Waals surface area contributed by atoms with Crippen molar-refractivity contribution in [1.29, 1.82) is 0 Å². The van der Waals surface area contributed by atoms with Crippen LogP contribution in [0.1, 0.15) is 45.2 Å². The third kappa shape index (κ3) is 4.19. The molecule has 0 saturated carbocycles. The Morgan fingerprint density at radius 2 is 2.32 bits per heavy atom. The van der Waals surface area contributed by atoms with Crippen LogP contribution in [0.3, 0.4) is 0 Å². The molecule has 1 N–H and O–H groups in total. The summed E-state index contributed by atoms with van der Waals surface area (Å²) in [6, 6.07) is 0. The predicted molar refractivity (Wildman–Crippen MR) is 86.2 cm³/mol. The number of aromatic nitrogens is 1. The van der Waals surface area contributed by atoms with E-state index in [-0.39, 0.29) is 17.9 Å². The number of thiazole rings is 1. The maximum Gasteiger partial charge on any atom is 0.409 e. The standard InChI is InChI=1S/C15H23N3O3S/c1-4-21-15(20)18-7-5-6-11(8-18)13(19)17-14-16-12(9-22-14)10(2)3/h9-11H,4-8H2,1-3H3,(H,16,17,19). The smallest absolute Gasteiger partial charge is 0.409 e. The summed E-state index contributed by atoms with van der Waals surface area (Å²) in [6.07, 6.45) is 1.26. The van der Waals surface area contributed by atoms with Gasteiger partial charge in [-0.15, -0.1) is 11.3 Å². The topological polar surface area (TPSA) is 71.5 Å². The van der Waals surface area contributed by atoms with Crippen LogP contribution in [0, 0.1) is 5.92 Å². The summed E-state index contributed by atoms with van der Waals surface area (Å²) < 4.78 is 5.00. The van der Waals surface area contributed by atoms with Gasteiger partial charge in [-0.05, 0) is 25.7 Å². The number of rotatable bonds is 4. The summed E-state index contributed by atoms with van der Waals surface area (Å²) in [7, 11) is 0. The van der Waals surface area contributed by atoms with Crippen LogP contribution in [0.4, 0.5) is 9.93 Å². The maximum absolute atomic E-state index is 12.3. The van der Waals surface area contributed by atoms with Crippen molar-refractivity contribution in [1.82, 2.24) is 9.88 Å². The number of amides is 2. The first-order valence-corrected chi connectivity index (χ1v) is 8.57. The molecule has 2 rings (SSSR count). The van der Waals surface area contributed by atoms with Gasteiger partial charge in [-0.25, -0.2) is 9.78 Å². The molecule has 7 heteroatoms. The van der Waals surface area contributed by atoms with Crippen LogP contribution in [0.25, 0.3) is 0 Å². The Morgan fingerprint density at radius 3 is 2.95 bits per heavy atom. The normalized spacial score (nSPS) is 18.4. The molecule has 1 aromatic rings. The van der Waals surface area contributed by atoms with E-state index in [9.17, 15) is 9.59 Å². The number of hydrogen-bond acceptors (Lipinski definition) is 5. The van der Waals surface area contributed by atoms with E-state index in [4.69, 9.17) is 4.74 Å². The average molecular weight is 325 g/mol. The molecule has 22 heavy (non-hydrogen) atoms. The molecule has 122 valence electrons. The van der Waals surface area contributed by atoms with E-state index in [0.717, 1.165) is 18.5 Å². The summed E-state index contributed by atoms with van der Waals surface area (Å²) in [4.78, 5) is 30.1. The summed E-state index contributed by atoms with van der Waals surface area (Å²) >= 11 is 1.44. The lowest BCUT2D eigenvalue weighted by molar-refractivity contribution is -0.121. The molecule has 1 atom stereocenters. The van der Waals surface area contributed by atoms with Crippen LogP contribution in [0.5, 0.6) is 0 Å². The van der Waals surface area contributed by atoms with E-state index in [1.165, 1.54) is 11.3 Å². The second kappa shape index (κ2) is 7.58. The van der Waals surface area contributed by atoms with Gasteiger partial charge in [0.1, 0.15) is 0 Å². The van der Waals surface area contributed by atoms with Gasteiger partial charge in [0.25, 0.3) is 0 Å². The molecular weight excluding hydrogens is 302 g/mol. The van der Waals surface area contributed by atoms with E-state index in [1.54, 1.807) is 11.8 Å². The van der Waals surface area contributed by atoms with Crippen LogP contribution in [0.2, 0.25) is 0 Å². The van der Waals surface area contributed by atoms with Crippen molar-refractivity contribution in [3.05, 3.63) is 11.1 Å². The molecule has 6 nitrogen and oxygen atoms in total. The fourth-order valence-corrected chi connectivity index (χ4v) is 3.26. The molecule has 0 spiro atoms. The summed E-state index contributed by atoms with van der Waals surface area (Å²) in [5, 5.41) is 5.46. The second-order valence-electron chi connectivity index (χ2n) is 5.71. The van der Waals surface area contributed by atoms with Gasteiger partial charge < -0.3 is 15.0 Å². The van der Waals surface area contributed by atoms with Gasteiger partial charge in [0.15, 0.2) is 5.13 Å². The van der Waals surface area contributed by atoms with Crippen LogP contribution in [0.15, 0.2) is 5.38 Å². The number of nitrogens with zero attached hydrogens (tertiary/aromatic N) is 2. The number of carbonyl (C=O) groups excluding carboxylic acids is 2. The molecule has 2 amide bonds. The molecule has 1 unspecified atom stereocenters. The molecule has 0 aliphatic carbocycles. The Labute approximate surface area is 134 Å². The fraction of sp³-hybridized carbons (Fsp3) is 0.667. The first-order chi connectivity index (χ1) is 10.5. The first kappa shape index (κ1) is 16.7. The van der Waals surface area contributed by atoms with Gasteiger partial charge in [-0.1, -0.05) is 13.8 Å². The van der Waals surface area contributed by atoms with Gasteiger partial charge in [0, 0.05) is 18.5 Å². The Bertz CT molecular complexity index is 530. The number of piperidine rings is 1. The molecule has 1 aliphatic heterocycles. The summed E-state index contributed by atoms with van der Waals surface area (Å²) in [5.41, 5.74) is 0.983. The zero-order chi connectivity index (χ0) is 16.1. The SMILES string of the molecule is CCOC(=O)N1CCCC(C(=O)Nc2nc(C(C)C)cs2)C1. The molecule has 0 radical (unpaired) electrons. The predicted octanol–water partition coefficient (Wildman–Crippen LogP) is 3.07. The molecule has 1 aliphatic rings. The lowest BCUT2D eigenvalue weighted by Gasteiger charge is -2.30. The first-order valence-electron chi connectivity index (χ1n) is 7.69. The molecular formula is C15H23N3O3S. The van der Waals surface area contributed by atoms with E-state index in [1.807, 2.05) is 5.38 Å². The van der Waals surface area contributed by atoms with Crippen molar-refractivity contribution >= 4 is 28.5 Å². The quantitative estimate of drug-likeness (QED) is 0.923. The van der Waals surface area contributed by atoms with Gasteiger partial charge >= 0.3 is 6.09 Å². The minimum absolute atomic E-state index is 0.0707. The van der Waals surface area contributed by atoms with E-state index in [2.05, 4.69) is 24.1 Å². The zero-order valence-electron chi connectivity index (χ0n) is 13.3. The van der Waals surface area contributed by atoms with Gasteiger partial charge in [0.2, 0.25) is 5.91 Å². The zero-order valence-corrected chi connectivity index (χ0v) is 14.1. The van der Waals surface area contributed by atoms with Crippen LogP contribution >= 0.6 is 11.3 Å². The number of carbonyl (C=O) groups is 2. The highest BCUT2D eigenvalue weighted by molar-refractivity contribution is 7.13. The Morgan fingerprint density at radius 1 is 1.55 bits per heavy atom. The number of ether oxygens (including phenoxy) is 1. The second-order valence-corrected chi connectivity index (χ2v) is 6.56.